The van der Waals surface area contributed by atoms with E-state index in [1.165, 1.54) is 0 Å². The highest BCUT2D eigenvalue weighted by atomic mass is 35.5. The Kier molecular flexibility index (Phi) is 3.96. The van der Waals surface area contributed by atoms with E-state index in [4.69, 9.17) is 11.6 Å². The molecule has 1 fully saturated rings. The molecule has 7 heteroatoms. The van der Waals surface area contributed by atoms with Crippen molar-refractivity contribution in [1.82, 2.24) is 24.9 Å². The van der Waals surface area contributed by atoms with Gasteiger partial charge < -0.3 is 4.90 Å². The molecule has 2 aromatic rings. The first-order chi connectivity index (χ1) is 10.1. The van der Waals surface area contributed by atoms with Crippen LogP contribution < -0.4 is 0 Å². The second-order valence-corrected chi connectivity index (χ2v) is 5.86. The molecule has 0 radical (unpaired) electrons. The summed E-state index contributed by atoms with van der Waals surface area (Å²) < 4.78 is 1.58. The number of halogens is 1. The highest BCUT2D eigenvalue weighted by molar-refractivity contribution is 6.30. The molecule has 21 heavy (non-hydrogen) atoms. The van der Waals surface area contributed by atoms with Gasteiger partial charge in [-0.05, 0) is 31.7 Å². The molecule has 1 atom stereocenters. The smallest absolute Gasteiger partial charge is 0.244 e. The van der Waals surface area contributed by atoms with Gasteiger partial charge >= 0.3 is 0 Å². The predicted octanol–water partition coefficient (Wildman–Crippen LogP) is 2.32. The van der Waals surface area contributed by atoms with Crippen molar-refractivity contribution in [1.29, 1.82) is 0 Å². The Morgan fingerprint density at radius 2 is 2.33 bits per heavy atom. The Morgan fingerprint density at radius 1 is 1.48 bits per heavy atom. The Balaban J connectivity index is 1.77. The normalized spacial score (nSPS) is 19.0. The van der Waals surface area contributed by atoms with Crippen LogP contribution in [0.25, 0.3) is 0 Å². The molecule has 1 N–H and O–H groups in total. The molecule has 0 unspecified atom stereocenters. The van der Waals surface area contributed by atoms with Gasteiger partial charge in [0.25, 0.3) is 0 Å². The molecule has 3 rings (SSSR count). The van der Waals surface area contributed by atoms with Crippen molar-refractivity contribution in [3.8, 4) is 0 Å². The van der Waals surface area contributed by atoms with Crippen LogP contribution in [0.5, 0.6) is 0 Å². The number of nitrogens with one attached hydrogen (secondary N) is 1. The summed E-state index contributed by atoms with van der Waals surface area (Å²) in [5.41, 5.74) is 2.14. The van der Waals surface area contributed by atoms with E-state index in [1.807, 2.05) is 11.8 Å². The Labute approximate surface area is 128 Å². The quantitative estimate of drug-likeness (QED) is 0.946. The molecular weight excluding hydrogens is 290 g/mol. The van der Waals surface area contributed by atoms with Crippen molar-refractivity contribution < 1.29 is 4.79 Å². The number of carbonyl (C=O) groups excluding carboxylic acids is 1. The highest BCUT2D eigenvalue weighted by Gasteiger charge is 2.30. The minimum absolute atomic E-state index is 0.0634. The summed E-state index contributed by atoms with van der Waals surface area (Å²) >= 11 is 5.84. The first-order valence-electron chi connectivity index (χ1n) is 7.12. The zero-order valence-electron chi connectivity index (χ0n) is 11.9. The molecule has 0 bridgehead atoms. The number of amides is 1. The SMILES string of the molecule is Cc1cn[nH]c1[C@@H]1CCCCN1C(=O)Cn1cc(Cl)cn1. The molecule has 112 valence electrons. The third-order valence-electron chi connectivity index (χ3n) is 3.92. The third kappa shape index (κ3) is 2.95. The van der Waals surface area contributed by atoms with Crippen LogP contribution in [0, 0.1) is 6.92 Å². The maximum atomic E-state index is 12.6. The number of likely N-dealkylation sites (tertiary alicyclic amines) is 1. The van der Waals surface area contributed by atoms with Crippen molar-refractivity contribution in [2.24, 2.45) is 0 Å². The number of carbonyl (C=O) groups is 1. The fourth-order valence-electron chi connectivity index (χ4n) is 2.88. The number of aromatic nitrogens is 4. The summed E-state index contributed by atoms with van der Waals surface area (Å²) in [5, 5.41) is 11.7. The molecule has 1 aliphatic rings. The van der Waals surface area contributed by atoms with E-state index in [9.17, 15) is 4.79 Å². The third-order valence-corrected chi connectivity index (χ3v) is 4.12. The second kappa shape index (κ2) is 5.89. The lowest BCUT2D eigenvalue weighted by atomic mass is 9.97. The number of piperidine rings is 1. The van der Waals surface area contributed by atoms with Gasteiger partial charge in [-0.1, -0.05) is 11.6 Å². The standard InChI is InChI=1S/C14H18ClN5O/c1-10-6-16-18-14(10)12-4-2-3-5-20(12)13(21)9-19-8-11(15)7-17-19/h6-8,12H,2-5,9H2,1H3,(H,16,18)/t12-/m0/s1. The van der Waals surface area contributed by atoms with Gasteiger partial charge in [-0.15, -0.1) is 0 Å². The highest BCUT2D eigenvalue weighted by Crippen LogP contribution is 2.31. The van der Waals surface area contributed by atoms with Crippen LogP contribution in [0.2, 0.25) is 5.02 Å². The zero-order chi connectivity index (χ0) is 14.8. The van der Waals surface area contributed by atoms with E-state index in [0.29, 0.717) is 5.02 Å². The van der Waals surface area contributed by atoms with Gasteiger partial charge in [0.1, 0.15) is 6.54 Å². The van der Waals surface area contributed by atoms with Gasteiger partial charge in [-0.25, -0.2) is 0 Å². The summed E-state index contributed by atoms with van der Waals surface area (Å²) in [5.74, 6) is 0.0634. The fraction of sp³-hybridized carbons (Fsp3) is 0.500. The second-order valence-electron chi connectivity index (χ2n) is 5.42. The van der Waals surface area contributed by atoms with E-state index in [2.05, 4.69) is 15.3 Å². The van der Waals surface area contributed by atoms with Crippen LogP contribution in [0.1, 0.15) is 36.6 Å². The van der Waals surface area contributed by atoms with E-state index in [0.717, 1.165) is 37.1 Å². The first kappa shape index (κ1) is 14.1. The molecule has 1 amide bonds. The van der Waals surface area contributed by atoms with Crippen molar-refractivity contribution in [2.75, 3.05) is 6.54 Å². The Morgan fingerprint density at radius 3 is 3.00 bits per heavy atom. The maximum Gasteiger partial charge on any atom is 0.244 e. The van der Waals surface area contributed by atoms with Crippen LogP contribution in [-0.4, -0.2) is 37.3 Å². The van der Waals surface area contributed by atoms with Gasteiger partial charge in [0.05, 0.1) is 29.2 Å². The van der Waals surface area contributed by atoms with Gasteiger partial charge in [0.2, 0.25) is 5.91 Å². The van der Waals surface area contributed by atoms with Crippen molar-refractivity contribution in [3.63, 3.8) is 0 Å². The average Bonchev–Trinajstić information content (AvgIpc) is 3.07. The van der Waals surface area contributed by atoms with Gasteiger partial charge in [-0.3, -0.25) is 14.6 Å². The number of H-pyrrole nitrogens is 1. The van der Waals surface area contributed by atoms with E-state index in [1.54, 1.807) is 23.3 Å². The zero-order valence-corrected chi connectivity index (χ0v) is 12.7. The number of rotatable bonds is 3. The number of hydrogen-bond donors (Lipinski definition) is 1. The van der Waals surface area contributed by atoms with Crippen LogP contribution >= 0.6 is 11.6 Å². The first-order valence-corrected chi connectivity index (χ1v) is 7.50. The van der Waals surface area contributed by atoms with Crippen LogP contribution in [-0.2, 0) is 11.3 Å². The number of aryl methyl sites for hydroxylation is 1. The lowest BCUT2D eigenvalue weighted by molar-refractivity contribution is -0.136. The number of nitrogens with zero attached hydrogens (tertiary/aromatic N) is 4. The average molecular weight is 308 g/mol. The molecule has 1 saturated heterocycles. The summed E-state index contributed by atoms with van der Waals surface area (Å²) in [6.45, 7) is 3.01. The van der Waals surface area contributed by atoms with Crippen molar-refractivity contribution in [2.45, 2.75) is 38.8 Å². The lowest BCUT2D eigenvalue weighted by Gasteiger charge is -2.35. The monoisotopic (exact) mass is 307 g/mol. The Bertz CT molecular complexity index is 635. The number of aromatic amines is 1. The summed E-state index contributed by atoms with van der Waals surface area (Å²) in [6, 6.07) is 0.0831. The topological polar surface area (TPSA) is 66.8 Å². The van der Waals surface area contributed by atoms with Gasteiger partial charge in [0, 0.05) is 12.7 Å². The van der Waals surface area contributed by atoms with Crippen molar-refractivity contribution in [3.05, 3.63) is 34.9 Å². The maximum absolute atomic E-state index is 12.6. The molecule has 2 aromatic heterocycles. The van der Waals surface area contributed by atoms with Crippen LogP contribution in [0.3, 0.4) is 0 Å². The molecule has 1 aliphatic heterocycles. The predicted molar refractivity (Wildman–Crippen MR) is 78.9 cm³/mol. The summed E-state index contributed by atoms with van der Waals surface area (Å²) in [6.07, 6.45) is 8.14. The van der Waals surface area contributed by atoms with E-state index < -0.39 is 0 Å². The van der Waals surface area contributed by atoms with Gasteiger partial charge in [0.15, 0.2) is 0 Å². The van der Waals surface area contributed by atoms with Crippen LogP contribution in [0.4, 0.5) is 0 Å². The molecular formula is C14H18ClN5O. The molecule has 0 saturated carbocycles. The molecule has 3 heterocycles. The summed E-state index contributed by atoms with van der Waals surface area (Å²) in [4.78, 5) is 14.5. The van der Waals surface area contributed by atoms with Crippen molar-refractivity contribution >= 4 is 17.5 Å². The fourth-order valence-corrected chi connectivity index (χ4v) is 3.03. The molecule has 6 nitrogen and oxygen atoms in total. The lowest BCUT2D eigenvalue weighted by Crippen LogP contribution is -2.40. The van der Waals surface area contributed by atoms with E-state index >= 15 is 0 Å². The van der Waals surface area contributed by atoms with Crippen LogP contribution in [0.15, 0.2) is 18.6 Å². The van der Waals surface area contributed by atoms with Gasteiger partial charge in [-0.2, -0.15) is 10.2 Å². The minimum atomic E-state index is 0.0634. The minimum Gasteiger partial charge on any atom is -0.332 e. The largest absolute Gasteiger partial charge is 0.332 e. The molecule has 0 aromatic carbocycles. The van der Waals surface area contributed by atoms with E-state index in [-0.39, 0.29) is 18.5 Å². The Hall–Kier alpha value is -1.82. The molecule has 0 spiro atoms. The summed E-state index contributed by atoms with van der Waals surface area (Å²) in [7, 11) is 0. The number of hydrogen-bond acceptors (Lipinski definition) is 3. The molecule has 0 aliphatic carbocycles.